The zero-order valence-electron chi connectivity index (χ0n) is 73.2. The van der Waals surface area contributed by atoms with Gasteiger partial charge in [0.1, 0.15) is 23.3 Å². The van der Waals surface area contributed by atoms with Crippen LogP contribution in [-0.2, 0) is 84.3 Å². The van der Waals surface area contributed by atoms with E-state index >= 15 is 0 Å². The molecule has 12 aromatic heterocycles. The number of fused-ring (bicyclic) bond motifs is 12. The third kappa shape index (κ3) is 20.5. The topological polar surface area (TPSA) is 123 Å². The summed E-state index contributed by atoms with van der Waals surface area (Å²) >= 11 is 6.44. The summed E-state index contributed by atoms with van der Waals surface area (Å²) in [5.41, 5.74) is 21.2. The monoisotopic (exact) mass is 2540 g/mol. The normalized spacial score (nSPS) is 11.0. The van der Waals surface area contributed by atoms with Gasteiger partial charge in [-0.2, -0.15) is 121 Å². The van der Waals surface area contributed by atoms with E-state index in [1.54, 1.807) is 47.0 Å². The molecule has 24 rings (SSSR count). The first kappa shape index (κ1) is 94.9. The number of para-hydroxylation sites is 4. The van der Waals surface area contributed by atoms with Crippen molar-refractivity contribution in [1.82, 2.24) is 58.1 Å². The number of benzene rings is 12. The third-order valence-corrected chi connectivity index (χ3v) is 26.2. The van der Waals surface area contributed by atoms with Crippen molar-refractivity contribution in [2.24, 2.45) is 0 Å². The fraction of sp³-hybridized carbons (Fsp3) is 0.0345. The van der Waals surface area contributed by atoms with Gasteiger partial charge in [-0.25, -0.2) is 84.4 Å². The minimum absolute atomic E-state index is 0. The molecule has 12 nitrogen and oxygen atoms in total. The number of rotatable bonds is 16. The molecule has 0 fully saturated rings. The quantitative estimate of drug-likeness (QED) is 0.0856. The van der Waals surface area contributed by atoms with E-state index in [2.05, 4.69) is 373 Å². The van der Waals surface area contributed by atoms with Gasteiger partial charge in [-0.3, -0.25) is 0 Å². The Hall–Kier alpha value is -12.8. The van der Waals surface area contributed by atoms with E-state index in [-0.39, 0.29) is 84.3 Å². The van der Waals surface area contributed by atoms with Crippen LogP contribution in [0.1, 0.15) is 22.3 Å². The summed E-state index contributed by atoms with van der Waals surface area (Å²) in [5.74, 6) is 3.63. The predicted octanol–water partition coefficient (Wildman–Crippen LogP) is 29.2. The van der Waals surface area contributed by atoms with Crippen molar-refractivity contribution in [3.8, 4) is 67.8 Å². The van der Waals surface area contributed by atoms with Crippen LogP contribution in [0.2, 0.25) is 0 Å². The zero-order valence-corrected chi connectivity index (χ0v) is 85.6. The number of aryl methyl sites for hydroxylation is 4. The number of hydrogen-bond donors (Lipinski definition) is 0. The van der Waals surface area contributed by atoms with Crippen LogP contribution < -0.4 is 0 Å². The average molecular weight is 2550 g/mol. The van der Waals surface area contributed by atoms with Crippen molar-refractivity contribution >= 4 is 134 Å². The predicted molar refractivity (Wildman–Crippen MR) is 539 cm³/mol. The SMILES string of the molecule is Cc1ccc(-n2c3[c-]c(-c4[c-]c(Sc5ccccn5)ccc4)ccc3c3ccccc32)nc1.Cc1cccnc1-n1c2[c-]c(-c3[c-]c(Sc4ccccn4)ccc3)ccc2c2ccccc21.Cc1ccnc(-n2c3[c-]c(-c4[c-]c(Sc5ccccn5)ccc4)ccc3c3ccccc32)c1.Cc1ccnc(-n2c3[c-]c(-c4[c-]c(Sc5ccccn5)ccc4)ccc3c3ccccc32)c1.[Pt+2].[Pt+2].[Pt+2].[Pt+2]. The summed E-state index contributed by atoms with van der Waals surface area (Å²) in [6, 6.07) is 145. The van der Waals surface area contributed by atoms with Crippen LogP contribution in [-0.4, -0.2) is 58.1 Å². The number of aromatic nitrogens is 12. The smallest absolute Gasteiger partial charge is 0.314 e. The molecule has 0 bridgehead atoms. The second-order valence-electron chi connectivity index (χ2n) is 31.5. The molecular weight excluding hydrogens is 2470 g/mol. The first-order valence-corrected chi connectivity index (χ1v) is 46.3. The number of nitrogens with zero attached hydrogens (tertiary/aromatic N) is 12. The minimum atomic E-state index is 0. The molecule has 24 aromatic rings. The van der Waals surface area contributed by atoms with Crippen molar-refractivity contribution in [3.05, 3.63) is 460 Å². The molecule has 0 aliphatic carbocycles. The van der Waals surface area contributed by atoms with Gasteiger partial charge >= 0.3 is 84.3 Å². The van der Waals surface area contributed by atoms with Gasteiger partial charge in [0, 0.05) is 71.6 Å². The maximum Gasteiger partial charge on any atom is 2.00 e. The molecule has 0 aliphatic rings. The van der Waals surface area contributed by atoms with Gasteiger partial charge in [-0.1, -0.05) is 197 Å². The molecule has 0 N–H and O–H groups in total. The van der Waals surface area contributed by atoms with Gasteiger partial charge in [-0.15, -0.1) is 48.5 Å². The van der Waals surface area contributed by atoms with E-state index in [9.17, 15) is 0 Å². The van der Waals surface area contributed by atoms with E-state index < -0.39 is 0 Å². The summed E-state index contributed by atoms with van der Waals surface area (Å²) in [5, 5.41) is 13.3. The van der Waals surface area contributed by atoms with E-state index in [0.717, 1.165) is 179 Å². The Balaban J connectivity index is 0.000000125. The third-order valence-electron chi connectivity index (χ3n) is 22.6. The largest absolute Gasteiger partial charge is 2.00 e. The Morgan fingerprint density at radius 3 is 0.816 bits per heavy atom. The van der Waals surface area contributed by atoms with Gasteiger partial charge < -0.3 is 18.3 Å². The molecule has 0 amide bonds. The summed E-state index contributed by atoms with van der Waals surface area (Å²) in [7, 11) is 0. The van der Waals surface area contributed by atoms with E-state index in [1.165, 1.54) is 38.1 Å². The molecule has 0 aliphatic heterocycles. The van der Waals surface area contributed by atoms with Gasteiger partial charge in [0.25, 0.3) is 0 Å². The van der Waals surface area contributed by atoms with Crippen molar-refractivity contribution in [2.75, 3.05) is 0 Å². The fourth-order valence-electron chi connectivity index (χ4n) is 16.5. The van der Waals surface area contributed by atoms with Crippen LogP contribution in [0.15, 0.2) is 429 Å². The van der Waals surface area contributed by atoms with Crippen molar-refractivity contribution in [3.63, 3.8) is 0 Å². The molecule has 664 valence electrons. The van der Waals surface area contributed by atoms with E-state index in [1.807, 2.05) is 141 Å². The Kier molecular flexibility index (Phi) is 30.3. The molecule has 0 atom stereocenters. The van der Waals surface area contributed by atoms with Crippen LogP contribution in [0.4, 0.5) is 0 Å². The summed E-state index contributed by atoms with van der Waals surface area (Å²) in [6.45, 7) is 8.33. The Morgan fingerprint density at radius 1 is 0.206 bits per heavy atom. The van der Waals surface area contributed by atoms with Gasteiger partial charge in [0.15, 0.2) is 0 Å². The van der Waals surface area contributed by atoms with Crippen molar-refractivity contribution < 1.29 is 84.3 Å². The van der Waals surface area contributed by atoms with Gasteiger partial charge in [0.2, 0.25) is 0 Å². The fourth-order valence-corrected chi connectivity index (χ4v) is 19.6. The molecule has 0 radical (unpaired) electrons. The Labute approximate surface area is 863 Å². The van der Waals surface area contributed by atoms with Crippen LogP contribution in [0.25, 0.3) is 155 Å². The molecule has 20 heteroatoms. The standard InChI is InChI=1S/4C29H19N3S.4Pt/c1-20-8-7-17-31-29(20)32-26-12-3-2-11-24(26)25-15-14-22(19-27(25)32)21-9-6-10-23(18-21)33-28-13-4-5-16-30-28;1-20-12-15-28(31-19-20)32-26-10-3-2-9-24(26)25-14-13-22(18-27(25)32)21-7-6-8-23(17-21)33-29-11-4-5-16-30-29;2*1-20-14-16-30-28(17-20)32-26-10-3-2-9-24(26)25-13-12-22(19-27(25)32)21-7-6-8-23(18-21)33-29-11-4-5-15-31-29;;;;/h2-17H,1H3;2-16,19H,1H3;2*2-17H,1H3;;;;/q4*-2;4*+2. The van der Waals surface area contributed by atoms with Gasteiger partial charge in [-0.05, 0) is 203 Å². The summed E-state index contributed by atoms with van der Waals surface area (Å²) in [4.78, 5) is 40.5. The van der Waals surface area contributed by atoms with Gasteiger partial charge in [0.05, 0.1) is 20.1 Å². The molecular formula is C116H76N12Pt4S4. The maximum absolute atomic E-state index is 4.71. The number of hydrogen-bond acceptors (Lipinski definition) is 12. The first-order valence-electron chi connectivity index (χ1n) is 43.1. The van der Waals surface area contributed by atoms with Crippen molar-refractivity contribution in [1.29, 1.82) is 0 Å². The summed E-state index contributed by atoms with van der Waals surface area (Å²) < 4.78 is 8.82. The summed E-state index contributed by atoms with van der Waals surface area (Å²) in [6.07, 6.45) is 14.7. The molecule has 12 aromatic carbocycles. The van der Waals surface area contributed by atoms with Crippen LogP contribution in [0, 0.1) is 76.2 Å². The first-order chi connectivity index (χ1) is 65.1. The number of pyridine rings is 8. The minimum Gasteiger partial charge on any atom is -0.314 e. The van der Waals surface area contributed by atoms with Crippen molar-refractivity contribution in [2.45, 2.75) is 67.4 Å². The average Bonchev–Trinajstić information content (AvgIpc) is 1.61. The second-order valence-corrected chi connectivity index (χ2v) is 35.7. The van der Waals surface area contributed by atoms with E-state index in [4.69, 9.17) is 9.97 Å². The van der Waals surface area contributed by atoms with Crippen LogP contribution >= 0.6 is 47.0 Å². The Morgan fingerprint density at radius 2 is 0.507 bits per heavy atom. The molecule has 0 unspecified atom stereocenters. The maximum atomic E-state index is 4.71. The molecule has 136 heavy (non-hydrogen) atoms. The molecule has 0 saturated carbocycles. The Bertz CT molecular complexity index is 8130. The second kappa shape index (κ2) is 43.5. The molecule has 12 heterocycles. The molecule has 0 spiro atoms. The van der Waals surface area contributed by atoms with Crippen LogP contribution in [0.5, 0.6) is 0 Å². The zero-order chi connectivity index (χ0) is 88.8. The molecule has 0 saturated heterocycles. The van der Waals surface area contributed by atoms with E-state index in [0.29, 0.717) is 0 Å². The van der Waals surface area contributed by atoms with Crippen LogP contribution in [0.3, 0.4) is 0 Å².